The lowest BCUT2D eigenvalue weighted by Gasteiger charge is -1.93. The highest BCUT2D eigenvalue weighted by Gasteiger charge is 1.83. The lowest BCUT2D eigenvalue weighted by atomic mass is 11.1. The topological polar surface area (TPSA) is 64.4 Å². The summed E-state index contributed by atoms with van der Waals surface area (Å²) in [6, 6.07) is 0. The van der Waals surface area contributed by atoms with Crippen LogP contribution in [-0.4, -0.2) is 19.3 Å². The minimum atomic E-state index is -0.302. The van der Waals surface area contributed by atoms with Crippen LogP contribution in [0.15, 0.2) is 4.76 Å². The Morgan fingerprint density at radius 3 is 1.86 bits per heavy atom. The van der Waals surface area contributed by atoms with E-state index < -0.39 is 0 Å². The van der Waals surface area contributed by atoms with Crippen LogP contribution >= 0.6 is 8.07 Å². The summed E-state index contributed by atoms with van der Waals surface area (Å²) in [7, 11) is -0.302. The molecule has 0 rings (SSSR count). The van der Waals surface area contributed by atoms with Crippen LogP contribution in [0.4, 0.5) is 0 Å². The van der Waals surface area contributed by atoms with Crippen LogP contribution in [0.2, 0.25) is 0 Å². The maximum Gasteiger partial charge on any atom is 0.189 e. The van der Waals surface area contributed by atoms with Gasteiger partial charge in [0, 0.05) is 8.07 Å². The van der Waals surface area contributed by atoms with Crippen LogP contribution in [0.3, 0.4) is 0 Å². The zero-order valence-corrected chi connectivity index (χ0v) is 5.44. The molecule has 0 radical (unpaired) electrons. The summed E-state index contributed by atoms with van der Waals surface area (Å²) in [5.74, 6) is 0.191. The quantitative estimate of drug-likeness (QED) is 0.288. The summed E-state index contributed by atoms with van der Waals surface area (Å²) < 4.78 is 3.81. The molecule has 0 saturated heterocycles. The molecule has 0 atom stereocenters. The Hall–Kier alpha value is -0.300. The second kappa shape index (κ2) is 2.80. The second-order valence-electron chi connectivity index (χ2n) is 1.37. The highest BCUT2D eigenvalue weighted by atomic mass is 31.1. The molecule has 0 aromatic heterocycles. The van der Waals surface area contributed by atoms with E-state index in [-0.39, 0.29) is 14.0 Å². The van der Waals surface area contributed by atoms with Gasteiger partial charge in [-0.25, -0.2) is 4.76 Å². The molecule has 0 aliphatic heterocycles. The van der Waals surface area contributed by atoms with E-state index in [1.165, 1.54) is 0 Å². The smallest absolute Gasteiger partial charge is 0.189 e. The van der Waals surface area contributed by atoms with Crippen molar-refractivity contribution in [2.45, 2.75) is 0 Å². The average molecular weight is 119 g/mol. The molecule has 0 spiro atoms. The van der Waals surface area contributed by atoms with Crippen LogP contribution < -0.4 is 11.5 Å². The SMILES string of the molecule is CP(C)N=C(N)N. The Labute approximate surface area is 44.6 Å². The standard InChI is InChI=1S/C3H10N3P/c1-7(2)6-3(4)5/h1-2H3,(H4,4,5,6). The molecule has 0 aromatic rings. The summed E-state index contributed by atoms with van der Waals surface area (Å²) in [5, 5.41) is 0. The first-order chi connectivity index (χ1) is 3.13. The lowest BCUT2D eigenvalue weighted by molar-refractivity contribution is 1.52. The minimum Gasteiger partial charge on any atom is -0.370 e. The Bertz CT molecular complexity index is 74.2. The molecule has 0 fully saturated rings. The Balaban J connectivity index is 3.45. The number of hydrogen-bond acceptors (Lipinski definition) is 1. The Morgan fingerprint density at radius 1 is 1.43 bits per heavy atom. The number of guanidine groups is 1. The lowest BCUT2D eigenvalue weighted by Crippen LogP contribution is -2.21. The van der Waals surface area contributed by atoms with Gasteiger partial charge in [-0.15, -0.1) is 0 Å². The number of nitrogens with zero attached hydrogens (tertiary/aromatic N) is 1. The summed E-state index contributed by atoms with van der Waals surface area (Å²) in [4.78, 5) is 0. The third-order valence-electron chi connectivity index (χ3n) is 0.315. The summed E-state index contributed by atoms with van der Waals surface area (Å²) in [5.41, 5.74) is 10.1. The highest BCUT2D eigenvalue weighted by Crippen LogP contribution is 2.24. The van der Waals surface area contributed by atoms with E-state index >= 15 is 0 Å². The van der Waals surface area contributed by atoms with E-state index in [0.717, 1.165) is 0 Å². The van der Waals surface area contributed by atoms with Gasteiger partial charge in [-0.2, -0.15) is 0 Å². The first kappa shape index (κ1) is 6.70. The predicted molar refractivity (Wildman–Crippen MR) is 34.6 cm³/mol. The van der Waals surface area contributed by atoms with Gasteiger partial charge in [-0.05, 0) is 13.3 Å². The van der Waals surface area contributed by atoms with Gasteiger partial charge in [0.15, 0.2) is 5.96 Å². The fraction of sp³-hybridized carbons (Fsp3) is 0.667. The minimum absolute atomic E-state index is 0.191. The van der Waals surface area contributed by atoms with Crippen molar-refractivity contribution in [3.05, 3.63) is 0 Å². The zero-order chi connectivity index (χ0) is 5.86. The Morgan fingerprint density at radius 2 is 1.86 bits per heavy atom. The van der Waals surface area contributed by atoms with Crippen molar-refractivity contribution in [2.24, 2.45) is 16.2 Å². The summed E-state index contributed by atoms with van der Waals surface area (Å²) in [6.07, 6.45) is 0. The molecule has 0 aliphatic rings. The molecule has 42 valence electrons. The predicted octanol–water partition coefficient (Wildman–Crippen LogP) is -0.0837. The van der Waals surface area contributed by atoms with E-state index in [1.807, 2.05) is 13.3 Å². The summed E-state index contributed by atoms with van der Waals surface area (Å²) >= 11 is 0. The third-order valence-corrected chi connectivity index (χ3v) is 0.946. The van der Waals surface area contributed by atoms with Crippen molar-refractivity contribution in [1.29, 1.82) is 0 Å². The maximum atomic E-state index is 5.04. The third kappa shape index (κ3) is 5.70. The van der Waals surface area contributed by atoms with Crippen molar-refractivity contribution < 1.29 is 0 Å². The average Bonchev–Trinajstić information content (AvgIpc) is 1.27. The van der Waals surface area contributed by atoms with Crippen molar-refractivity contribution in [2.75, 3.05) is 13.3 Å². The molecule has 0 bridgehead atoms. The molecular formula is C3H10N3P. The molecule has 0 unspecified atom stereocenters. The van der Waals surface area contributed by atoms with Crippen LogP contribution in [0.25, 0.3) is 0 Å². The van der Waals surface area contributed by atoms with E-state index in [2.05, 4.69) is 4.76 Å². The van der Waals surface area contributed by atoms with Gasteiger partial charge in [0.25, 0.3) is 0 Å². The van der Waals surface area contributed by atoms with Crippen molar-refractivity contribution in [3.63, 3.8) is 0 Å². The number of rotatable bonds is 1. The molecule has 3 nitrogen and oxygen atoms in total. The molecule has 0 amide bonds. The molecule has 4 N–H and O–H groups in total. The van der Waals surface area contributed by atoms with Crippen LogP contribution in [0.5, 0.6) is 0 Å². The molecular weight excluding hydrogens is 109 g/mol. The van der Waals surface area contributed by atoms with Gasteiger partial charge in [0.1, 0.15) is 0 Å². The largest absolute Gasteiger partial charge is 0.370 e. The molecule has 0 aromatic carbocycles. The van der Waals surface area contributed by atoms with Gasteiger partial charge >= 0.3 is 0 Å². The number of hydrogen-bond donors (Lipinski definition) is 2. The van der Waals surface area contributed by atoms with Crippen LogP contribution in [0, 0.1) is 0 Å². The fourth-order valence-corrected chi connectivity index (χ4v) is 0.693. The van der Waals surface area contributed by atoms with Crippen LogP contribution in [-0.2, 0) is 0 Å². The van der Waals surface area contributed by atoms with Gasteiger partial charge in [0.2, 0.25) is 0 Å². The maximum absolute atomic E-state index is 5.04. The molecule has 0 saturated carbocycles. The van der Waals surface area contributed by atoms with Gasteiger partial charge < -0.3 is 11.5 Å². The highest BCUT2D eigenvalue weighted by molar-refractivity contribution is 7.54. The molecule has 7 heavy (non-hydrogen) atoms. The molecule has 0 heterocycles. The second-order valence-corrected chi connectivity index (χ2v) is 3.27. The van der Waals surface area contributed by atoms with Crippen molar-refractivity contribution in [3.8, 4) is 0 Å². The van der Waals surface area contributed by atoms with Gasteiger partial charge in [-0.3, -0.25) is 0 Å². The summed E-state index contributed by atoms with van der Waals surface area (Å²) in [6.45, 7) is 3.96. The van der Waals surface area contributed by atoms with E-state index in [4.69, 9.17) is 11.5 Å². The van der Waals surface area contributed by atoms with Crippen LogP contribution in [0.1, 0.15) is 0 Å². The fourth-order valence-electron chi connectivity index (χ4n) is 0.231. The first-order valence-corrected chi connectivity index (χ1v) is 4.08. The van der Waals surface area contributed by atoms with E-state index in [0.29, 0.717) is 0 Å². The Kier molecular flexibility index (Phi) is 2.68. The molecule has 0 aliphatic carbocycles. The normalized spacial score (nSPS) is 9.00. The van der Waals surface area contributed by atoms with E-state index in [1.54, 1.807) is 0 Å². The van der Waals surface area contributed by atoms with Gasteiger partial charge in [-0.1, -0.05) is 0 Å². The number of nitrogens with two attached hydrogens (primary N) is 2. The monoisotopic (exact) mass is 119 g/mol. The first-order valence-electron chi connectivity index (χ1n) is 1.90. The molecule has 4 heteroatoms. The van der Waals surface area contributed by atoms with Crippen molar-refractivity contribution in [1.82, 2.24) is 0 Å². The van der Waals surface area contributed by atoms with Crippen molar-refractivity contribution >= 4 is 14.0 Å². The van der Waals surface area contributed by atoms with Gasteiger partial charge in [0.05, 0.1) is 0 Å². The zero-order valence-electron chi connectivity index (χ0n) is 4.55. The van der Waals surface area contributed by atoms with E-state index in [9.17, 15) is 0 Å².